The predicted molar refractivity (Wildman–Crippen MR) is 62.1 cm³/mol. The minimum atomic E-state index is -0.455. The van der Waals surface area contributed by atoms with Crippen molar-refractivity contribution < 1.29 is 4.39 Å². The van der Waals surface area contributed by atoms with Gasteiger partial charge in [0.05, 0.1) is 11.4 Å². The van der Waals surface area contributed by atoms with Gasteiger partial charge >= 0.3 is 0 Å². The number of rotatable bonds is 0. The van der Waals surface area contributed by atoms with Crippen LogP contribution >= 0.6 is 0 Å². The third kappa shape index (κ3) is 1.58. The van der Waals surface area contributed by atoms with E-state index in [1.54, 1.807) is 6.07 Å². The smallest absolute Gasteiger partial charge is 0.143 e. The van der Waals surface area contributed by atoms with Crippen LogP contribution < -0.4 is 10.2 Å². The van der Waals surface area contributed by atoms with E-state index in [1.165, 1.54) is 6.07 Å². The van der Waals surface area contributed by atoms with Crippen LogP contribution in [0.15, 0.2) is 12.1 Å². The minimum absolute atomic E-state index is 0.126. The highest BCUT2D eigenvalue weighted by Crippen LogP contribution is 2.34. The van der Waals surface area contributed by atoms with E-state index in [4.69, 9.17) is 5.26 Å². The van der Waals surface area contributed by atoms with E-state index in [0.717, 1.165) is 18.7 Å². The molecule has 0 bridgehead atoms. The largest absolute Gasteiger partial charge is 0.383 e. The van der Waals surface area contributed by atoms with Crippen molar-refractivity contribution in [2.24, 2.45) is 0 Å². The summed E-state index contributed by atoms with van der Waals surface area (Å²) >= 11 is 0. The highest BCUT2D eigenvalue weighted by atomic mass is 19.1. The molecular weight excluding hydrogens is 205 g/mol. The van der Waals surface area contributed by atoms with Gasteiger partial charge < -0.3 is 10.2 Å². The summed E-state index contributed by atoms with van der Waals surface area (Å²) in [4.78, 5) is 1.97. The Morgan fingerprint density at radius 2 is 2.31 bits per heavy atom. The first-order chi connectivity index (χ1) is 7.65. The van der Waals surface area contributed by atoms with Crippen LogP contribution in [0.3, 0.4) is 0 Å². The van der Waals surface area contributed by atoms with Crippen LogP contribution in [0, 0.1) is 17.1 Å². The molecule has 1 aromatic carbocycles. The number of nitrogens with zero attached hydrogens (tertiary/aromatic N) is 2. The fourth-order valence-electron chi connectivity index (χ4n) is 2.01. The Morgan fingerprint density at radius 3 is 3.00 bits per heavy atom. The Hall–Kier alpha value is -1.76. The average Bonchev–Trinajstić information content (AvgIpc) is 2.41. The van der Waals surface area contributed by atoms with Crippen LogP contribution in [0.4, 0.5) is 15.8 Å². The van der Waals surface area contributed by atoms with Gasteiger partial charge in [0.15, 0.2) is 0 Å². The van der Waals surface area contributed by atoms with Gasteiger partial charge in [0.2, 0.25) is 0 Å². The Morgan fingerprint density at radius 1 is 1.56 bits per heavy atom. The first-order valence-electron chi connectivity index (χ1n) is 5.34. The molecule has 0 aromatic heterocycles. The number of anilines is 2. The first-order valence-corrected chi connectivity index (χ1v) is 5.34. The van der Waals surface area contributed by atoms with Crippen molar-refractivity contribution in [3.05, 3.63) is 23.5 Å². The molecule has 1 heterocycles. The Labute approximate surface area is 94.5 Å². The summed E-state index contributed by atoms with van der Waals surface area (Å²) < 4.78 is 13.5. The van der Waals surface area contributed by atoms with Crippen molar-refractivity contribution in [1.82, 2.24) is 0 Å². The normalized spacial score (nSPS) is 19.4. The van der Waals surface area contributed by atoms with Crippen molar-refractivity contribution in [1.29, 1.82) is 5.26 Å². The van der Waals surface area contributed by atoms with Gasteiger partial charge in [0.25, 0.3) is 0 Å². The standard InChI is InChI=1S/C12H14FN3/c1-8-5-6-15-11-4-3-10(13)9(7-14)12(11)16(8)2/h3-4,8,15H,5-6H2,1-2H3. The lowest BCUT2D eigenvalue weighted by atomic mass is 10.1. The maximum Gasteiger partial charge on any atom is 0.143 e. The van der Waals surface area contributed by atoms with Crippen molar-refractivity contribution in [3.8, 4) is 6.07 Å². The first kappa shape index (κ1) is 10.7. The monoisotopic (exact) mass is 219 g/mol. The second-order valence-corrected chi connectivity index (χ2v) is 4.11. The SMILES string of the molecule is CC1CCNc2ccc(F)c(C#N)c2N1C. The number of nitriles is 1. The highest BCUT2D eigenvalue weighted by molar-refractivity contribution is 5.77. The molecule has 0 amide bonds. The maximum absolute atomic E-state index is 13.5. The number of halogens is 1. The van der Waals surface area contributed by atoms with Crippen molar-refractivity contribution in [2.45, 2.75) is 19.4 Å². The zero-order valence-electron chi connectivity index (χ0n) is 9.42. The van der Waals surface area contributed by atoms with E-state index in [9.17, 15) is 4.39 Å². The molecule has 0 spiro atoms. The highest BCUT2D eigenvalue weighted by Gasteiger charge is 2.22. The topological polar surface area (TPSA) is 39.1 Å². The number of benzene rings is 1. The number of fused-ring (bicyclic) bond motifs is 1. The molecule has 4 heteroatoms. The Balaban J connectivity index is 2.63. The molecule has 1 aliphatic rings. The molecule has 0 radical (unpaired) electrons. The van der Waals surface area contributed by atoms with Crippen LogP contribution in [0.25, 0.3) is 0 Å². The molecule has 1 aromatic rings. The molecule has 1 atom stereocenters. The lowest BCUT2D eigenvalue weighted by molar-refractivity contribution is 0.619. The molecule has 0 aliphatic carbocycles. The van der Waals surface area contributed by atoms with Crippen molar-refractivity contribution in [2.75, 3.05) is 23.8 Å². The lowest BCUT2D eigenvalue weighted by Gasteiger charge is -2.26. The van der Waals surface area contributed by atoms with E-state index < -0.39 is 5.82 Å². The van der Waals surface area contributed by atoms with Gasteiger partial charge in [-0.2, -0.15) is 5.26 Å². The van der Waals surface area contributed by atoms with Gasteiger partial charge in [-0.1, -0.05) is 0 Å². The maximum atomic E-state index is 13.5. The second-order valence-electron chi connectivity index (χ2n) is 4.11. The Bertz CT molecular complexity index is 450. The Kier molecular flexibility index (Phi) is 2.69. The molecule has 1 unspecified atom stereocenters. The van der Waals surface area contributed by atoms with Crippen LogP contribution in [-0.2, 0) is 0 Å². The van der Waals surface area contributed by atoms with Crippen LogP contribution in [-0.4, -0.2) is 19.6 Å². The third-order valence-electron chi connectivity index (χ3n) is 3.13. The molecular formula is C12H14FN3. The minimum Gasteiger partial charge on any atom is -0.383 e. The second kappa shape index (κ2) is 4.01. The van der Waals surface area contributed by atoms with Crippen LogP contribution in [0.2, 0.25) is 0 Å². The van der Waals surface area contributed by atoms with Gasteiger partial charge in [-0.25, -0.2) is 4.39 Å². The number of hydrogen-bond donors (Lipinski definition) is 1. The van der Waals surface area contributed by atoms with Gasteiger partial charge in [-0.3, -0.25) is 0 Å². The summed E-state index contributed by atoms with van der Waals surface area (Å²) in [7, 11) is 1.90. The van der Waals surface area contributed by atoms with E-state index >= 15 is 0 Å². The fourth-order valence-corrected chi connectivity index (χ4v) is 2.01. The van der Waals surface area contributed by atoms with Gasteiger partial charge in [-0.05, 0) is 25.5 Å². The van der Waals surface area contributed by atoms with E-state index in [2.05, 4.69) is 12.2 Å². The molecule has 2 rings (SSSR count). The third-order valence-corrected chi connectivity index (χ3v) is 3.13. The van der Waals surface area contributed by atoms with Gasteiger partial charge in [0.1, 0.15) is 17.4 Å². The summed E-state index contributed by atoms with van der Waals surface area (Å²) in [5, 5.41) is 12.3. The molecule has 1 N–H and O–H groups in total. The molecule has 0 saturated heterocycles. The number of hydrogen-bond acceptors (Lipinski definition) is 3. The lowest BCUT2D eigenvalue weighted by Crippen LogP contribution is -2.29. The summed E-state index contributed by atoms with van der Waals surface area (Å²) in [6.45, 7) is 2.91. The molecule has 0 saturated carbocycles. The van der Waals surface area contributed by atoms with E-state index in [-0.39, 0.29) is 5.56 Å². The summed E-state index contributed by atoms with van der Waals surface area (Å²) in [5.41, 5.74) is 1.64. The summed E-state index contributed by atoms with van der Waals surface area (Å²) in [6.07, 6.45) is 0.970. The van der Waals surface area contributed by atoms with Gasteiger partial charge in [0, 0.05) is 19.6 Å². The van der Waals surface area contributed by atoms with Crippen molar-refractivity contribution >= 4 is 11.4 Å². The quantitative estimate of drug-likeness (QED) is 0.728. The molecule has 16 heavy (non-hydrogen) atoms. The van der Waals surface area contributed by atoms with Crippen LogP contribution in [0.5, 0.6) is 0 Å². The van der Waals surface area contributed by atoms with E-state index in [1.807, 2.05) is 18.0 Å². The average molecular weight is 219 g/mol. The summed E-state index contributed by atoms with van der Waals surface area (Å²) in [6, 6.07) is 5.28. The zero-order chi connectivity index (χ0) is 11.7. The number of nitrogens with one attached hydrogen (secondary N) is 1. The predicted octanol–water partition coefficient (Wildman–Crippen LogP) is 2.34. The zero-order valence-corrected chi connectivity index (χ0v) is 9.42. The molecule has 1 aliphatic heterocycles. The molecule has 0 fully saturated rings. The van der Waals surface area contributed by atoms with Gasteiger partial charge in [-0.15, -0.1) is 0 Å². The van der Waals surface area contributed by atoms with E-state index in [0.29, 0.717) is 11.7 Å². The van der Waals surface area contributed by atoms with Crippen molar-refractivity contribution in [3.63, 3.8) is 0 Å². The summed E-state index contributed by atoms with van der Waals surface area (Å²) in [5.74, 6) is -0.455. The van der Waals surface area contributed by atoms with Crippen LogP contribution in [0.1, 0.15) is 18.9 Å². The molecule has 3 nitrogen and oxygen atoms in total. The fraction of sp³-hybridized carbons (Fsp3) is 0.417. The molecule has 84 valence electrons.